The number of likely N-dealkylation sites (tertiary alicyclic amines) is 1. The Balaban J connectivity index is 1.58. The van der Waals surface area contributed by atoms with Crippen molar-refractivity contribution < 1.29 is 4.39 Å². The van der Waals surface area contributed by atoms with Gasteiger partial charge in [0, 0.05) is 18.4 Å². The van der Waals surface area contributed by atoms with E-state index in [1.165, 1.54) is 12.1 Å². The summed E-state index contributed by atoms with van der Waals surface area (Å²) in [7, 11) is 0. The first kappa shape index (κ1) is 16.2. The molecule has 128 valence electrons. The highest BCUT2D eigenvalue weighted by atomic mass is 35.5. The van der Waals surface area contributed by atoms with Gasteiger partial charge in [0.05, 0.1) is 11.1 Å². The highest BCUT2D eigenvalue weighted by Crippen LogP contribution is 2.32. The van der Waals surface area contributed by atoms with Crippen LogP contribution in [-0.2, 0) is 0 Å². The average molecular weight is 376 g/mol. The molecule has 1 fully saturated rings. The van der Waals surface area contributed by atoms with Gasteiger partial charge in [0.1, 0.15) is 5.82 Å². The minimum atomic E-state index is -0.452. The molecule has 3 heterocycles. The second-order valence-electron chi connectivity index (χ2n) is 5.90. The normalized spacial score (nSPS) is 17.2. The minimum absolute atomic E-state index is 0.0494. The van der Waals surface area contributed by atoms with Gasteiger partial charge in [-0.3, -0.25) is 4.40 Å². The highest BCUT2D eigenvalue weighted by molar-refractivity contribution is 7.80. The first-order valence-corrected chi connectivity index (χ1v) is 8.74. The van der Waals surface area contributed by atoms with E-state index in [4.69, 9.17) is 23.8 Å². The molecule has 0 bridgehead atoms. The van der Waals surface area contributed by atoms with E-state index in [1.807, 2.05) is 28.8 Å². The van der Waals surface area contributed by atoms with Crippen molar-refractivity contribution in [2.45, 2.75) is 18.9 Å². The fourth-order valence-corrected chi connectivity index (χ4v) is 3.65. The zero-order chi connectivity index (χ0) is 17.4. The Hall–Kier alpha value is -2.25. The van der Waals surface area contributed by atoms with E-state index in [9.17, 15) is 4.39 Å². The number of aromatic nitrogens is 3. The van der Waals surface area contributed by atoms with Crippen LogP contribution in [0.25, 0.3) is 5.65 Å². The number of halogens is 2. The standard InChI is InChI=1S/C17H15ClFN5S/c18-12-10-11(6-7-13(12)19)20-17(25)23-9-3-4-14(23)16-22-21-15-5-1-2-8-24(15)16/h1-2,5-8,10,14H,3-4,9H2,(H,20,25). The molecule has 1 aromatic carbocycles. The molecule has 1 aliphatic rings. The molecule has 0 amide bonds. The molecule has 25 heavy (non-hydrogen) atoms. The second-order valence-corrected chi connectivity index (χ2v) is 6.69. The van der Waals surface area contributed by atoms with E-state index in [0.29, 0.717) is 10.8 Å². The maximum absolute atomic E-state index is 13.3. The van der Waals surface area contributed by atoms with Crippen molar-refractivity contribution in [2.24, 2.45) is 0 Å². The molecule has 4 rings (SSSR count). The van der Waals surface area contributed by atoms with E-state index in [2.05, 4.69) is 20.4 Å². The van der Waals surface area contributed by atoms with Crippen molar-refractivity contribution >= 4 is 40.3 Å². The molecular formula is C17H15ClFN5S. The van der Waals surface area contributed by atoms with Gasteiger partial charge in [-0.2, -0.15) is 0 Å². The highest BCUT2D eigenvalue weighted by Gasteiger charge is 2.31. The summed E-state index contributed by atoms with van der Waals surface area (Å²) in [4.78, 5) is 2.09. The summed E-state index contributed by atoms with van der Waals surface area (Å²) < 4.78 is 15.3. The van der Waals surface area contributed by atoms with Gasteiger partial charge in [0.15, 0.2) is 16.6 Å². The third-order valence-electron chi connectivity index (χ3n) is 4.32. The number of thiocarbonyl (C=S) groups is 1. The summed E-state index contributed by atoms with van der Waals surface area (Å²) >= 11 is 11.4. The number of benzene rings is 1. The van der Waals surface area contributed by atoms with Gasteiger partial charge in [0.2, 0.25) is 0 Å². The van der Waals surface area contributed by atoms with E-state index >= 15 is 0 Å². The number of pyridine rings is 1. The molecule has 1 saturated heterocycles. The molecule has 0 aliphatic carbocycles. The average Bonchev–Trinajstić information content (AvgIpc) is 3.24. The van der Waals surface area contributed by atoms with Crippen LogP contribution >= 0.6 is 23.8 Å². The summed E-state index contributed by atoms with van der Waals surface area (Å²) in [5, 5.41) is 12.4. The first-order chi connectivity index (χ1) is 12.1. The van der Waals surface area contributed by atoms with Crippen LogP contribution in [0.2, 0.25) is 5.02 Å². The van der Waals surface area contributed by atoms with Gasteiger partial charge in [-0.25, -0.2) is 4.39 Å². The Morgan fingerprint density at radius 1 is 1.28 bits per heavy atom. The maximum Gasteiger partial charge on any atom is 0.174 e. The van der Waals surface area contributed by atoms with Crippen molar-refractivity contribution in [3.8, 4) is 0 Å². The van der Waals surface area contributed by atoms with Crippen molar-refractivity contribution in [3.05, 3.63) is 59.3 Å². The molecule has 3 aromatic rings. The van der Waals surface area contributed by atoms with Crippen LogP contribution in [0.15, 0.2) is 42.6 Å². The van der Waals surface area contributed by atoms with E-state index in [1.54, 1.807) is 6.07 Å². The number of nitrogens with zero attached hydrogens (tertiary/aromatic N) is 4. The first-order valence-electron chi connectivity index (χ1n) is 7.96. The Morgan fingerprint density at radius 3 is 3.00 bits per heavy atom. The summed E-state index contributed by atoms with van der Waals surface area (Å²) in [6.07, 6.45) is 3.91. The zero-order valence-corrected chi connectivity index (χ0v) is 14.8. The lowest BCUT2D eigenvalue weighted by Gasteiger charge is -2.26. The number of fused-ring (bicyclic) bond motifs is 1. The van der Waals surface area contributed by atoms with E-state index in [-0.39, 0.29) is 11.1 Å². The molecular weight excluding hydrogens is 361 g/mol. The predicted molar refractivity (Wildman–Crippen MR) is 99.3 cm³/mol. The summed E-state index contributed by atoms with van der Waals surface area (Å²) in [6, 6.07) is 10.3. The molecule has 0 spiro atoms. The molecule has 8 heteroatoms. The number of nitrogens with one attached hydrogen (secondary N) is 1. The Labute approximate surface area is 154 Å². The summed E-state index contributed by atoms with van der Waals surface area (Å²) in [5.41, 5.74) is 1.47. The fourth-order valence-electron chi connectivity index (χ4n) is 3.13. The van der Waals surface area contributed by atoms with Crippen molar-refractivity contribution in [1.29, 1.82) is 0 Å². The fraction of sp³-hybridized carbons (Fsp3) is 0.235. The number of hydrogen-bond acceptors (Lipinski definition) is 3. The molecule has 1 aliphatic heterocycles. The van der Waals surface area contributed by atoms with Crippen LogP contribution in [-0.4, -0.2) is 31.2 Å². The monoisotopic (exact) mass is 375 g/mol. The van der Waals surface area contributed by atoms with Crippen LogP contribution in [0.4, 0.5) is 10.1 Å². The zero-order valence-electron chi connectivity index (χ0n) is 13.2. The molecule has 2 aromatic heterocycles. The van der Waals surface area contributed by atoms with Crippen molar-refractivity contribution in [2.75, 3.05) is 11.9 Å². The molecule has 1 atom stereocenters. The van der Waals surface area contributed by atoms with Gasteiger partial charge < -0.3 is 10.2 Å². The number of rotatable bonds is 2. The van der Waals surface area contributed by atoms with Gasteiger partial charge in [0.25, 0.3) is 0 Å². The van der Waals surface area contributed by atoms with Crippen LogP contribution in [0, 0.1) is 5.82 Å². The third-order valence-corrected chi connectivity index (χ3v) is 4.95. The molecule has 1 unspecified atom stereocenters. The smallest absolute Gasteiger partial charge is 0.174 e. The van der Waals surface area contributed by atoms with E-state index in [0.717, 1.165) is 30.9 Å². The van der Waals surface area contributed by atoms with Gasteiger partial charge >= 0.3 is 0 Å². The number of anilines is 1. The topological polar surface area (TPSA) is 45.5 Å². The lowest BCUT2D eigenvalue weighted by atomic mass is 10.2. The summed E-state index contributed by atoms with van der Waals surface area (Å²) in [5.74, 6) is 0.418. The maximum atomic E-state index is 13.3. The van der Waals surface area contributed by atoms with Crippen LogP contribution in [0.1, 0.15) is 24.7 Å². The minimum Gasteiger partial charge on any atom is -0.339 e. The van der Waals surface area contributed by atoms with Crippen molar-refractivity contribution in [1.82, 2.24) is 19.5 Å². The molecule has 5 nitrogen and oxygen atoms in total. The van der Waals surface area contributed by atoms with Crippen LogP contribution in [0.5, 0.6) is 0 Å². The quantitative estimate of drug-likeness (QED) is 0.684. The van der Waals surface area contributed by atoms with Gasteiger partial charge in [-0.05, 0) is 55.4 Å². The van der Waals surface area contributed by atoms with E-state index < -0.39 is 5.82 Å². The number of hydrogen-bond donors (Lipinski definition) is 1. The molecule has 1 N–H and O–H groups in total. The second kappa shape index (κ2) is 6.57. The van der Waals surface area contributed by atoms with Crippen LogP contribution in [0.3, 0.4) is 0 Å². The Kier molecular flexibility index (Phi) is 4.27. The Bertz CT molecular complexity index is 944. The largest absolute Gasteiger partial charge is 0.339 e. The SMILES string of the molecule is Fc1ccc(NC(=S)N2CCCC2c2nnc3ccccn23)cc1Cl. The van der Waals surface area contributed by atoms with Crippen LogP contribution < -0.4 is 5.32 Å². The lowest BCUT2D eigenvalue weighted by Crippen LogP contribution is -2.35. The molecule has 0 radical (unpaired) electrons. The third kappa shape index (κ3) is 3.05. The molecule has 0 saturated carbocycles. The predicted octanol–water partition coefficient (Wildman–Crippen LogP) is 4.06. The van der Waals surface area contributed by atoms with Crippen molar-refractivity contribution in [3.63, 3.8) is 0 Å². The van der Waals surface area contributed by atoms with Gasteiger partial charge in [-0.15, -0.1) is 10.2 Å². The lowest BCUT2D eigenvalue weighted by molar-refractivity contribution is 0.387. The summed E-state index contributed by atoms with van der Waals surface area (Å²) in [6.45, 7) is 0.827. The van der Waals surface area contributed by atoms with Gasteiger partial charge in [-0.1, -0.05) is 17.7 Å². The Morgan fingerprint density at radius 2 is 2.16 bits per heavy atom.